The van der Waals surface area contributed by atoms with E-state index in [1.807, 2.05) is 18.2 Å². The summed E-state index contributed by atoms with van der Waals surface area (Å²) in [6, 6.07) is 14.2. The Bertz CT molecular complexity index is 976. The van der Waals surface area contributed by atoms with Gasteiger partial charge in [-0.1, -0.05) is 24.3 Å². The molecular formula is C18H15N3O3. The third-order valence-electron chi connectivity index (χ3n) is 3.42. The molecule has 3 rings (SSSR count). The number of para-hydroxylation sites is 1. The van der Waals surface area contributed by atoms with Crippen LogP contribution in [0.15, 0.2) is 65.7 Å². The van der Waals surface area contributed by atoms with Gasteiger partial charge < -0.3 is 4.74 Å². The second kappa shape index (κ2) is 6.78. The Balaban J connectivity index is 1.78. The van der Waals surface area contributed by atoms with Crippen LogP contribution in [-0.2, 0) is 4.79 Å². The highest BCUT2D eigenvalue weighted by atomic mass is 16.5. The van der Waals surface area contributed by atoms with Crippen molar-refractivity contribution in [2.45, 2.75) is 0 Å². The van der Waals surface area contributed by atoms with Crippen molar-refractivity contribution in [3.05, 3.63) is 76.9 Å². The Morgan fingerprint density at radius 2 is 2.04 bits per heavy atom. The molecule has 1 heterocycles. The topological polar surface area (TPSA) is 73.2 Å². The van der Waals surface area contributed by atoms with Crippen molar-refractivity contribution in [2.75, 3.05) is 12.5 Å². The lowest BCUT2D eigenvalue weighted by atomic mass is 10.2. The number of rotatable bonds is 4. The zero-order chi connectivity index (χ0) is 16.9. The van der Waals surface area contributed by atoms with Gasteiger partial charge in [-0.2, -0.15) is 0 Å². The van der Waals surface area contributed by atoms with Crippen molar-refractivity contribution < 1.29 is 9.53 Å². The van der Waals surface area contributed by atoms with Gasteiger partial charge in [0.2, 0.25) is 0 Å². The normalized spacial score (nSPS) is 10.9. The van der Waals surface area contributed by atoms with Gasteiger partial charge in [0, 0.05) is 6.08 Å². The molecular weight excluding hydrogens is 306 g/mol. The van der Waals surface area contributed by atoms with Gasteiger partial charge in [-0.3, -0.25) is 15.0 Å². The van der Waals surface area contributed by atoms with Gasteiger partial charge in [0.1, 0.15) is 12.1 Å². The molecule has 2 aromatic carbocycles. The lowest BCUT2D eigenvalue weighted by Crippen LogP contribution is -2.32. The van der Waals surface area contributed by atoms with Gasteiger partial charge in [-0.15, -0.1) is 0 Å². The average Bonchev–Trinajstić information content (AvgIpc) is 2.63. The summed E-state index contributed by atoms with van der Waals surface area (Å²) in [6.07, 6.45) is 4.27. The summed E-state index contributed by atoms with van der Waals surface area (Å²) in [4.78, 5) is 28.4. The van der Waals surface area contributed by atoms with Gasteiger partial charge in [0.15, 0.2) is 0 Å². The number of fused-ring (bicyclic) bond motifs is 1. The summed E-state index contributed by atoms with van der Waals surface area (Å²) in [5.41, 5.74) is 3.55. The quantitative estimate of drug-likeness (QED) is 0.748. The maximum atomic E-state index is 12.3. The number of ether oxygens (including phenoxy) is 1. The molecule has 1 N–H and O–H groups in total. The van der Waals surface area contributed by atoms with E-state index in [-0.39, 0.29) is 5.56 Å². The van der Waals surface area contributed by atoms with E-state index in [4.69, 9.17) is 4.74 Å². The van der Waals surface area contributed by atoms with Crippen molar-refractivity contribution in [2.24, 2.45) is 0 Å². The summed E-state index contributed by atoms with van der Waals surface area (Å²) >= 11 is 0. The van der Waals surface area contributed by atoms with E-state index in [1.54, 1.807) is 43.5 Å². The highest BCUT2D eigenvalue weighted by Crippen LogP contribution is 2.13. The molecule has 0 aliphatic rings. The van der Waals surface area contributed by atoms with Crippen molar-refractivity contribution in [3.63, 3.8) is 0 Å². The number of nitrogens with one attached hydrogen (secondary N) is 1. The predicted octanol–water partition coefficient (Wildman–Crippen LogP) is 2.19. The van der Waals surface area contributed by atoms with E-state index in [9.17, 15) is 9.59 Å². The minimum Gasteiger partial charge on any atom is -0.497 e. The van der Waals surface area contributed by atoms with Crippen LogP contribution >= 0.6 is 0 Å². The minimum absolute atomic E-state index is 0.330. The third kappa shape index (κ3) is 3.33. The maximum Gasteiger partial charge on any atom is 0.280 e. The molecule has 0 unspecified atom stereocenters. The van der Waals surface area contributed by atoms with Crippen molar-refractivity contribution >= 4 is 22.9 Å². The molecule has 1 amide bonds. The highest BCUT2D eigenvalue weighted by Gasteiger charge is 2.04. The summed E-state index contributed by atoms with van der Waals surface area (Å²) in [7, 11) is 1.58. The molecule has 6 heteroatoms. The SMILES string of the molecule is COc1cccc(/C=C/C(=O)Nn2cnc3ccccc3c2=O)c1. The molecule has 0 saturated heterocycles. The molecule has 0 aliphatic carbocycles. The summed E-state index contributed by atoms with van der Waals surface area (Å²) in [5.74, 6) is 0.268. The minimum atomic E-state index is -0.433. The molecule has 0 radical (unpaired) electrons. The average molecular weight is 321 g/mol. The molecule has 0 spiro atoms. The Labute approximate surface area is 138 Å². The molecule has 0 fully saturated rings. The monoisotopic (exact) mass is 321 g/mol. The first-order chi connectivity index (χ1) is 11.7. The highest BCUT2D eigenvalue weighted by molar-refractivity contribution is 5.97. The molecule has 120 valence electrons. The van der Waals surface area contributed by atoms with E-state index in [0.717, 1.165) is 10.2 Å². The molecule has 0 bridgehead atoms. The fourth-order valence-corrected chi connectivity index (χ4v) is 2.22. The standard InChI is InChI=1S/C18H15N3O3/c1-24-14-6-4-5-13(11-14)9-10-17(22)20-21-12-19-16-8-3-2-7-15(16)18(21)23/h2-12H,1H3,(H,20,22)/b10-9+. The Morgan fingerprint density at radius 3 is 2.88 bits per heavy atom. The zero-order valence-corrected chi connectivity index (χ0v) is 13.0. The van der Waals surface area contributed by atoms with Gasteiger partial charge in [-0.05, 0) is 35.9 Å². The number of carbonyl (C=O) groups is 1. The Hall–Kier alpha value is -3.41. The van der Waals surface area contributed by atoms with Crippen LogP contribution in [0.1, 0.15) is 5.56 Å². The van der Waals surface area contributed by atoms with Crippen molar-refractivity contribution in [1.82, 2.24) is 9.66 Å². The summed E-state index contributed by atoms with van der Waals surface area (Å²) in [5, 5.41) is 0.442. The first-order valence-corrected chi connectivity index (χ1v) is 7.27. The molecule has 3 aromatic rings. The van der Waals surface area contributed by atoms with Gasteiger partial charge >= 0.3 is 0 Å². The summed E-state index contributed by atoms with van der Waals surface area (Å²) in [6.45, 7) is 0. The van der Waals surface area contributed by atoms with Crippen molar-refractivity contribution in [3.8, 4) is 5.75 Å². The molecule has 0 atom stereocenters. The van der Waals surface area contributed by atoms with Gasteiger partial charge in [0.25, 0.3) is 11.5 Å². The van der Waals surface area contributed by atoms with Crippen LogP contribution in [-0.4, -0.2) is 22.7 Å². The number of aromatic nitrogens is 2. The van der Waals surface area contributed by atoms with Crippen LogP contribution < -0.4 is 15.7 Å². The fraction of sp³-hybridized carbons (Fsp3) is 0.0556. The molecule has 1 aromatic heterocycles. The molecule has 6 nitrogen and oxygen atoms in total. The molecule has 24 heavy (non-hydrogen) atoms. The number of hydrogen-bond acceptors (Lipinski definition) is 4. The Morgan fingerprint density at radius 1 is 1.21 bits per heavy atom. The number of nitrogens with zero attached hydrogens (tertiary/aromatic N) is 2. The lowest BCUT2D eigenvalue weighted by Gasteiger charge is -2.06. The third-order valence-corrected chi connectivity index (χ3v) is 3.42. The van der Waals surface area contributed by atoms with Crippen LogP contribution in [0.5, 0.6) is 5.75 Å². The van der Waals surface area contributed by atoms with E-state index >= 15 is 0 Å². The number of carbonyl (C=O) groups excluding carboxylic acids is 1. The zero-order valence-electron chi connectivity index (χ0n) is 13.0. The largest absolute Gasteiger partial charge is 0.497 e. The van der Waals surface area contributed by atoms with E-state index in [2.05, 4.69) is 10.4 Å². The van der Waals surface area contributed by atoms with E-state index in [0.29, 0.717) is 16.7 Å². The number of methoxy groups -OCH3 is 1. The van der Waals surface area contributed by atoms with E-state index < -0.39 is 5.91 Å². The van der Waals surface area contributed by atoms with Crippen LogP contribution in [0.2, 0.25) is 0 Å². The Kier molecular flexibility index (Phi) is 4.38. The maximum absolute atomic E-state index is 12.3. The van der Waals surface area contributed by atoms with Crippen LogP contribution in [0.4, 0.5) is 0 Å². The second-order valence-corrected chi connectivity index (χ2v) is 5.02. The van der Waals surface area contributed by atoms with Gasteiger partial charge in [-0.25, -0.2) is 9.66 Å². The number of benzene rings is 2. The smallest absolute Gasteiger partial charge is 0.280 e. The lowest BCUT2D eigenvalue weighted by molar-refractivity contribution is -0.112. The fourth-order valence-electron chi connectivity index (χ4n) is 2.22. The summed E-state index contributed by atoms with van der Waals surface area (Å²) < 4.78 is 6.20. The van der Waals surface area contributed by atoms with Crippen LogP contribution in [0.3, 0.4) is 0 Å². The first kappa shape index (κ1) is 15.5. The molecule has 0 aliphatic heterocycles. The number of hydrogen-bond donors (Lipinski definition) is 1. The second-order valence-electron chi connectivity index (χ2n) is 5.02. The van der Waals surface area contributed by atoms with Crippen molar-refractivity contribution in [1.29, 1.82) is 0 Å². The van der Waals surface area contributed by atoms with Crippen LogP contribution in [0, 0.1) is 0 Å². The predicted molar refractivity (Wildman–Crippen MR) is 92.4 cm³/mol. The first-order valence-electron chi connectivity index (χ1n) is 7.27. The number of amides is 1. The van der Waals surface area contributed by atoms with Gasteiger partial charge in [0.05, 0.1) is 18.0 Å². The van der Waals surface area contributed by atoms with Crippen LogP contribution in [0.25, 0.3) is 17.0 Å². The molecule has 0 saturated carbocycles. The van der Waals surface area contributed by atoms with E-state index in [1.165, 1.54) is 12.4 Å².